The highest BCUT2D eigenvalue weighted by molar-refractivity contribution is 9.10. The van der Waals surface area contributed by atoms with Crippen molar-refractivity contribution >= 4 is 37.6 Å². The molecule has 0 bridgehead atoms. The summed E-state index contributed by atoms with van der Waals surface area (Å²) in [5, 5.41) is 9.59. The summed E-state index contributed by atoms with van der Waals surface area (Å²) in [5.41, 5.74) is 1.13. The first-order chi connectivity index (χ1) is 11.2. The van der Waals surface area contributed by atoms with Gasteiger partial charge in [-0.05, 0) is 45.8 Å². The highest BCUT2D eigenvalue weighted by atomic mass is 79.9. The van der Waals surface area contributed by atoms with E-state index in [0.29, 0.717) is 0 Å². The zero-order valence-corrected chi connectivity index (χ0v) is 15.5. The minimum Gasteiger partial charge on any atom is -0.479 e. The summed E-state index contributed by atoms with van der Waals surface area (Å²) >= 11 is 3.05. The predicted octanol–water partition coefficient (Wildman–Crippen LogP) is 2.36. The number of aliphatic carboxylic acids is 1. The molecule has 8 heteroatoms. The fraction of sp³-hybridized carbons (Fsp3) is 0.188. The summed E-state index contributed by atoms with van der Waals surface area (Å²) in [6.45, 7) is 0. The van der Waals surface area contributed by atoms with Crippen LogP contribution in [-0.2, 0) is 19.3 Å². The molecular weight excluding hydrogens is 396 g/mol. The van der Waals surface area contributed by atoms with Gasteiger partial charge in [0.25, 0.3) is 0 Å². The van der Waals surface area contributed by atoms with Crippen LogP contribution < -0.4 is 9.62 Å². The van der Waals surface area contributed by atoms with Crippen molar-refractivity contribution in [1.29, 1.82) is 0 Å². The number of hydrogen-bond acceptors (Lipinski definition) is 4. The van der Waals surface area contributed by atoms with Crippen LogP contribution in [0.2, 0.25) is 0 Å². The Morgan fingerprint density at radius 3 is 2.08 bits per heavy atom. The minimum atomic E-state index is -4.03. The van der Waals surface area contributed by atoms with Gasteiger partial charge < -0.3 is 10.0 Å². The molecule has 2 aromatic rings. The van der Waals surface area contributed by atoms with Crippen LogP contribution in [0, 0.1) is 0 Å². The number of hydrogen-bond donors (Lipinski definition) is 2. The highest BCUT2D eigenvalue weighted by Gasteiger charge is 2.42. The smallest absolute Gasteiger partial charge is 0.340 e. The second-order valence-electron chi connectivity index (χ2n) is 5.32. The maximum absolute atomic E-state index is 12.5. The molecule has 0 radical (unpaired) electrons. The van der Waals surface area contributed by atoms with E-state index in [9.17, 15) is 18.3 Å². The highest BCUT2D eigenvalue weighted by Crippen LogP contribution is 2.32. The molecule has 0 fully saturated rings. The Morgan fingerprint density at radius 2 is 1.62 bits per heavy atom. The number of nitrogens with zero attached hydrogens (tertiary/aromatic N) is 1. The minimum absolute atomic E-state index is 0.0139. The number of sulfonamides is 1. The van der Waals surface area contributed by atoms with Crippen LogP contribution in [0.1, 0.15) is 5.56 Å². The van der Waals surface area contributed by atoms with Gasteiger partial charge in [0.15, 0.2) is 0 Å². The lowest BCUT2D eigenvalue weighted by atomic mass is 10.1. The first-order valence-corrected chi connectivity index (χ1v) is 9.23. The molecule has 24 heavy (non-hydrogen) atoms. The molecule has 0 aromatic heterocycles. The van der Waals surface area contributed by atoms with Crippen molar-refractivity contribution in [1.82, 2.24) is 4.72 Å². The van der Waals surface area contributed by atoms with E-state index in [-0.39, 0.29) is 10.5 Å². The van der Waals surface area contributed by atoms with Crippen LogP contribution >= 0.6 is 15.9 Å². The molecule has 0 aliphatic heterocycles. The monoisotopic (exact) mass is 412 g/mol. The lowest BCUT2D eigenvalue weighted by Gasteiger charge is -2.25. The van der Waals surface area contributed by atoms with Gasteiger partial charge in [0.2, 0.25) is 14.5 Å². The predicted molar refractivity (Wildman–Crippen MR) is 95.8 cm³/mol. The van der Waals surface area contributed by atoms with Gasteiger partial charge in [-0.2, -0.15) is 4.72 Å². The first-order valence-electron chi connectivity index (χ1n) is 6.96. The molecular formula is C16H17BrN2O4S. The number of alkyl halides is 1. The van der Waals surface area contributed by atoms with Crippen molar-refractivity contribution in [3.63, 3.8) is 0 Å². The average Bonchev–Trinajstić information content (AvgIpc) is 2.55. The molecule has 2 aromatic carbocycles. The van der Waals surface area contributed by atoms with Gasteiger partial charge >= 0.3 is 5.97 Å². The number of carbonyl (C=O) groups is 1. The van der Waals surface area contributed by atoms with Crippen molar-refractivity contribution in [2.24, 2.45) is 0 Å². The van der Waals surface area contributed by atoms with E-state index in [0.717, 1.165) is 5.69 Å². The Labute approximate surface area is 149 Å². The molecule has 0 amide bonds. The van der Waals surface area contributed by atoms with Crippen LogP contribution in [0.15, 0.2) is 59.5 Å². The maximum Gasteiger partial charge on any atom is 0.340 e. The summed E-state index contributed by atoms with van der Waals surface area (Å²) < 4.78 is 25.2. The maximum atomic E-state index is 12.5. The Balaban J connectivity index is 2.43. The number of benzene rings is 2. The normalized spacial score (nSPS) is 14.0. The van der Waals surface area contributed by atoms with E-state index in [1.165, 1.54) is 12.1 Å². The molecule has 128 valence electrons. The number of anilines is 1. The van der Waals surface area contributed by atoms with Gasteiger partial charge in [-0.3, -0.25) is 0 Å². The van der Waals surface area contributed by atoms with Gasteiger partial charge in [-0.15, -0.1) is 0 Å². The molecule has 0 saturated carbocycles. The Kier molecular flexibility index (Phi) is 5.32. The number of nitrogens with one attached hydrogen (secondary N) is 1. The van der Waals surface area contributed by atoms with Crippen LogP contribution in [0.5, 0.6) is 0 Å². The summed E-state index contributed by atoms with van der Waals surface area (Å²) in [6.07, 6.45) is 0. The lowest BCUT2D eigenvalue weighted by Crippen LogP contribution is -2.47. The van der Waals surface area contributed by atoms with Crippen molar-refractivity contribution in [2.45, 2.75) is 9.34 Å². The molecule has 0 spiro atoms. The van der Waals surface area contributed by atoms with E-state index < -0.39 is 20.4 Å². The Morgan fingerprint density at radius 1 is 1.08 bits per heavy atom. The molecule has 2 N–H and O–H groups in total. The third kappa shape index (κ3) is 3.77. The van der Waals surface area contributed by atoms with Crippen molar-refractivity contribution < 1.29 is 18.3 Å². The molecule has 0 saturated heterocycles. The number of carboxylic acids is 1. The fourth-order valence-corrected chi connectivity index (χ4v) is 4.17. The summed E-state index contributed by atoms with van der Waals surface area (Å²) in [4.78, 5) is 13.6. The van der Waals surface area contributed by atoms with Crippen LogP contribution in [0.25, 0.3) is 0 Å². The van der Waals surface area contributed by atoms with Crippen molar-refractivity contribution in [3.05, 3.63) is 60.2 Å². The first kappa shape index (κ1) is 18.4. The van der Waals surface area contributed by atoms with Gasteiger partial charge in [0, 0.05) is 19.8 Å². The Hall–Kier alpha value is -1.90. The van der Waals surface area contributed by atoms with E-state index in [4.69, 9.17) is 0 Å². The van der Waals surface area contributed by atoms with E-state index in [2.05, 4.69) is 20.7 Å². The lowest BCUT2D eigenvalue weighted by molar-refractivity contribution is -0.140. The number of rotatable bonds is 6. The molecule has 2 rings (SSSR count). The van der Waals surface area contributed by atoms with Crippen molar-refractivity contribution in [3.8, 4) is 0 Å². The number of carboxylic acid groups (broad SMARTS) is 1. The summed E-state index contributed by atoms with van der Waals surface area (Å²) in [5.74, 6) is -1.36. The zero-order valence-electron chi connectivity index (χ0n) is 13.1. The number of halogens is 1. The van der Waals surface area contributed by atoms with Crippen molar-refractivity contribution in [2.75, 3.05) is 19.0 Å². The van der Waals surface area contributed by atoms with Crippen LogP contribution in [-0.4, -0.2) is 33.6 Å². The second-order valence-corrected chi connectivity index (χ2v) is 8.20. The second kappa shape index (κ2) is 6.92. The quantitative estimate of drug-likeness (QED) is 0.561. The van der Waals surface area contributed by atoms with E-state index in [1.54, 1.807) is 42.5 Å². The van der Waals surface area contributed by atoms with Gasteiger partial charge in [-0.25, -0.2) is 13.2 Å². The molecule has 0 aliphatic carbocycles. The summed E-state index contributed by atoms with van der Waals surface area (Å²) in [6, 6.07) is 14.2. The molecule has 0 aliphatic rings. The fourth-order valence-electron chi connectivity index (χ4n) is 2.06. The standard InChI is InChI=1S/C16H17BrN2O4S/c1-19(2)13-10-8-12(9-11-13)16(17,15(20)21)18-24(22,23)14-6-4-3-5-7-14/h3-11,18H,1-2H3,(H,20,21). The Bertz CT molecular complexity index is 823. The third-order valence-corrected chi connectivity index (χ3v) is 6.13. The van der Waals surface area contributed by atoms with Gasteiger partial charge in [0.05, 0.1) is 4.90 Å². The summed E-state index contributed by atoms with van der Waals surface area (Å²) in [7, 11) is -0.320. The van der Waals surface area contributed by atoms with E-state index in [1.807, 2.05) is 19.0 Å². The molecule has 1 atom stereocenters. The molecule has 6 nitrogen and oxygen atoms in total. The van der Waals surface area contributed by atoms with E-state index >= 15 is 0 Å². The van der Waals surface area contributed by atoms with Crippen LogP contribution in [0.4, 0.5) is 5.69 Å². The average molecular weight is 413 g/mol. The molecule has 0 heterocycles. The zero-order chi connectivity index (χ0) is 18.0. The SMILES string of the molecule is CN(C)c1ccc(C(Br)(NS(=O)(=O)c2ccccc2)C(=O)O)cc1. The topological polar surface area (TPSA) is 86.7 Å². The third-order valence-electron chi connectivity index (χ3n) is 3.40. The van der Waals surface area contributed by atoms with Gasteiger partial charge in [0.1, 0.15) is 0 Å². The van der Waals surface area contributed by atoms with Gasteiger partial charge in [-0.1, -0.05) is 30.3 Å². The molecule has 1 unspecified atom stereocenters. The largest absolute Gasteiger partial charge is 0.479 e. The van der Waals surface area contributed by atoms with Crippen LogP contribution in [0.3, 0.4) is 0 Å².